The summed E-state index contributed by atoms with van der Waals surface area (Å²) in [6.45, 7) is 2.43. The van der Waals surface area contributed by atoms with Crippen molar-refractivity contribution in [2.24, 2.45) is 5.92 Å². The van der Waals surface area contributed by atoms with Crippen LogP contribution < -0.4 is 15.8 Å². The van der Waals surface area contributed by atoms with Crippen molar-refractivity contribution in [3.8, 4) is 11.3 Å². The van der Waals surface area contributed by atoms with Crippen LogP contribution in [0.1, 0.15) is 58.9 Å². The van der Waals surface area contributed by atoms with Crippen molar-refractivity contribution < 1.29 is 22.7 Å². The number of nitrogens with zero attached hydrogens (tertiary/aromatic N) is 4. The molecule has 3 aliphatic rings. The molecule has 2 aromatic heterocycles. The van der Waals surface area contributed by atoms with E-state index in [2.05, 4.69) is 15.1 Å². The first-order valence-corrected chi connectivity index (χ1v) is 14.9. The number of anilines is 2. The van der Waals surface area contributed by atoms with Crippen LogP contribution in [0.15, 0.2) is 24.4 Å². The lowest BCUT2D eigenvalue weighted by Gasteiger charge is -2.34. The van der Waals surface area contributed by atoms with E-state index < -0.39 is 10.0 Å². The monoisotopic (exact) mass is 553 g/mol. The van der Waals surface area contributed by atoms with Crippen molar-refractivity contribution in [2.75, 3.05) is 23.8 Å². The molecule has 4 N–H and O–H groups in total. The Bertz CT molecular complexity index is 1610. The third-order valence-corrected chi connectivity index (χ3v) is 8.52. The summed E-state index contributed by atoms with van der Waals surface area (Å²) < 4.78 is 33.7. The van der Waals surface area contributed by atoms with Gasteiger partial charge < -0.3 is 20.7 Å². The van der Waals surface area contributed by atoms with Crippen LogP contribution in [-0.4, -0.2) is 71.3 Å². The number of rotatable bonds is 8. The van der Waals surface area contributed by atoms with Gasteiger partial charge >= 0.3 is 0 Å². The number of fused-ring (bicyclic) bond motifs is 2. The number of amides is 2. The Labute approximate surface area is 226 Å². The van der Waals surface area contributed by atoms with Crippen LogP contribution in [0.3, 0.4) is 0 Å². The first-order valence-electron chi connectivity index (χ1n) is 13.0. The molecule has 0 bridgehead atoms. The summed E-state index contributed by atoms with van der Waals surface area (Å²) in [5.74, 6) is -0.0195. The largest absolute Gasteiger partial charge is 0.381 e. The number of carbonyl (C=O) groups excluding carboxylic acids is 2. The summed E-state index contributed by atoms with van der Waals surface area (Å²) in [7, 11) is -2.01. The molecule has 1 aromatic carbocycles. The zero-order valence-corrected chi connectivity index (χ0v) is 22.8. The summed E-state index contributed by atoms with van der Waals surface area (Å²) in [5.41, 5.74) is 8.95. The summed E-state index contributed by atoms with van der Waals surface area (Å²) in [4.78, 5) is 33.0. The lowest BCUT2D eigenvalue weighted by molar-refractivity contribution is 0.0176. The molecule has 3 heterocycles. The van der Waals surface area contributed by atoms with Crippen molar-refractivity contribution in [3.05, 3.63) is 41.1 Å². The maximum Gasteiger partial charge on any atom is 0.259 e. The summed E-state index contributed by atoms with van der Waals surface area (Å²) in [5, 5.41) is 7.21. The SMILES string of the molecule is COC1CC(NC(=O)c2c(N)nn3ccc(-c4cc5c(c(NS(C)(=O)=O)c4)C(=O)N([C@@H](C)C4CC4)C5)nc23)C1. The maximum absolute atomic E-state index is 13.4. The van der Waals surface area contributed by atoms with Gasteiger partial charge in [-0.2, -0.15) is 0 Å². The number of nitrogens with one attached hydrogen (secondary N) is 2. The number of nitrogen functional groups attached to an aromatic ring is 1. The Hall–Kier alpha value is -3.71. The highest BCUT2D eigenvalue weighted by molar-refractivity contribution is 7.92. The van der Waals surface area contributed by atoms with E-state index in [0.29, 0.717) is 29.3 Å². The second-order valence-electron chi connectivity index (χ2n) is 10.8. The van der Waals surface area contributed by atoms with Gasteiger partial charge in [0.25, 0.3) is 11.8 Å². The molecule has 6 rings (SSSR count). The lowest BCUT2D eigenvalue weighted by atomic mass is 9.89. The number of methoxy groups -OCH3 is 1. The standard InChI is InChI=1S/C26H31N7O5S/c1-13(14-4-5-14)32-12-16-8-15(9-20(21(16)26(32)35)31-39(3,36)37)19-6-7-33-24(29-19)22(23(27)30-33)25(34)28-17-10-18(11-17)38-2/h6-9,13-14,17-18,31H,4-5,10-12H2,1-3H3,(H2,27,30)(H,28,34)/t13-,17?,18?/m0/s1. The molecule has 13 heteroatoms. The van der Waals surface area contributed by atoms with Crippen LogP contribution >= 0.6 is 0 Å². The highest BCUT2D eigenvalue weighted by Gasteiger charge is 2.40. The third-order valence-electron chi connectivity index (χ3n) is 7.93. The quantitative estimate of drug-likeness (QED) is 0.382. The van der Waals surface area contributed by atoms with Gasteiger partial charge in [-0.3, -0.25) is 14.3 Å². The number of sulfonamides is 1. The third kappa shape index (κ3) is 4.69. The van der Waals surface area contributed by atoms with E-state index in [-0.39, 0.29) is 52.7 Å². The summed E-state index contributed by atoms with van der Waals surface area (Å²) >= 11 is 0. The van der Waals surface area contributed by atoms with Crippen LogP contribution in [0, 0.1) is 5.92 Å². The van der Waals surface area contributed by atoms with Gasteiger partial charge in [0.15, 0.2) is 11.5 Å². The van der Waals surface area contributed by atoms with Gasteiger partial charge in [-0.05, 0) is 62.3 Å². The average Bonchev–Trinajstić information content (AvgIpc) is 3.56. The predicted octanol–water partition coefficient (Wildman–Crippen LogP) is 2.01. The van der Waals surface area contributed by atoms with Crippen molar-refractivity contribution in [1.29, 1.82) is 0 Å². The molecule has 2 fully saturated rings. The number of hydrogen-bond donors (Lipinski definition) is 3. The molecule has 1 aliphatic heterocycles. The fraction of sp³-hybridized carbons (Fsp3) is 0.462. The number of nitrogens with two attached hydrogens (primary N) is 1. The predicted molar refractivity (Wildman–Crippen MR) is 145 cm³/mol. The van der Waals surface area contributed by atoms with Crippen LogP contribution in [0.4, 0.5) is 11.5 Å². The van der Waals surface area contributed by atoms with E-state index in [4.69, 9.17) is 15.5 Å². The van der Waals surface area contributed by atoms with Gasteiger partial charge in [-0.1, -0.05) is 0 Å². The van der Waals surface area contributed by atoms with Crippen LogP contribution in [0.5, 0.6) is 0 Å². The molecule has 2 amide bonds. The second kappa shape index (κ2) is 9.19. The summed E-state index contributed by atoms with van der Waals surface area (Å²) in [6.07, 6.45) is 6.45. The minimum Gasteiger partial charge on any atom is -0.381 e. The lowest BCUT2D eigenvalue weighted by Crippen LogP contribution is -2.47. The van der Waals surface area contributed by atoms with Crippen molar-refractivity contribution in [2.45, 2.75) is 57.3 Å². The minimum absolute atomic E-state index is 0.0140. The maximum atomic E-state index is 13.4. The zero-order valence-electron chi connectivity index (χ0n) is 22.0. The molecular formula is C26H31N7O5S. The fourth-order valence-corrected chi connectivity index (χ4v) is 6.09. The van der Waals surface area contributed by atoms with E-state index in [1.54, 1.807) is 25.4 Å². The minimum atomic E-state index is -3.66. The number of ether oxygens (including phenoxy) is 1. The second-order valence-corrected chi connectivity index (χ2v) is 12.5. The molecule has 0 spiro atoms. The van der Waals surface area contributed by atoms with Gasteiger partial charge in [-0.15, -0.1) is 5.10 Å². The Kier molecular flexibility index (Phi) is 6.03. The van der Waals surface area contributed by atoms with Crippen LogP contribution in [0.2, 0.25) is 0 Å². The van der Waals surface area contributed by atoms with Gasteiger partial charge in [0, 0.05) is 37.5 Å². The van der Waals surface area contributed by atoms with Crippen molar-refractivity contribution >= 4 is 39.0 Å². The van der Waals surface area contributed by atoms with E-state index in [1.165, 1.54) is 4.52 Å². The van der Waals surface area contributed by atoms with E-state index >= 15 is 0 Å². The molecule has 3 aromatic rings. The fourth-order valence-electron chi connectivity index (χ4n) is 5.53. The Morgan fingerprint density at radius 1 is 1.26 bits per heavy atom. The molecule has 1 atom stereocenters. The highest BCUT2D eigenvalue weighted by Crippen LogP contribution is 2.41. The van der Waals surface area contributed by atoms with E-state index in [0.717, 1.165) is 37.5 Å². The van der Waals surface area contributed by atoms with Crippen LogP contribution in [-0.2, 0) is 21.3 Å². The molecule has 0 radical (unpaired) electrons. The van der Waals surface area contributed by atoms with Crippen LogP contribution in [0.25, 0.3) is 16.9 Å². The van der Waals surface area contributed by atoms with Gasteiger partial charge in [-0.25, -0.2) is 17.9 Å². The normalized spacial score (nSPS) is 21.5. The first kappa shape index (κ1) is 25.6. The number of hydrogen-bond acceptors (Lipinski definition) is 8. The Morgan fingerprint density at radius 2 is 2.00 bits per heavy atom. The Morgan fingerprint density at radius 3 is 2.67 bits per heavy atom. The molecule has 2 saturated carbocycles. The van der Waals surface area contributed by atoms with E-state index in [1.807, 2.05) is 17.9 Å². The molecule has 0 unspecified atom stereocenters. The molecule has 2 aliphatic carbocycles. The van der Waals surface area contributed by atoms with Gasteiger partial charge in [0.2, 0.25) is 10.0 Å². The molecule has 0 saturated heterocycles. The van der Waals surface area contributed by atoms with Crippen molar-refractivity contribution in [1.82, 2.24) is 24.8 Å². The first-order chi connectivity index (χ1) is 18.5. The smallest absolute Gasteiger partial charge is 0.259 e. The Balaban J connectivity index is 1.38. The molecular weight excluding hydrogens is 522 g/mol. The molecule has 12 nitrogen and oxygen atoms in total. The van der Waals surface area contributed by atoms with E-state index in [9.17, 15) is 18.0 Å². The molecule has 39 heavy (non-hydrogen) atoms. The zero-order chi connectivity index (χ0) is 27.6. The van der Waals surface area contributed by atoms with Gasteiger partial charge in [0.05, 0.1) is 29.3 Å². The summed E-state index contributed by atoms with van der Waals surface area (Å²) in [6, 6.07) is 5.24. The topological polar surface area (TPSA) is 161 Å². The average molecular weight is 554 g/mol. The van der Waals surface area contributed by atoms with Gasteiger partial charge in [0.1, 0.15) is 5.56 Å². The highest BCUT2D eigenvalue weighted by atomic mass is 32.2. The number of benzene rings is 1. The number of aromatic nitrogens is 3. The number of carbonyl (C=O) groups is 2. The molecule has 206 valence electrons. The van der Waals surface area contributed by atoms with Crippen molar-refractivity contribution in [3.63, 3.8) is 0 Å².